The zero-order chi connectivity index (χ0) is 13.7. The summed E-state index contributed by atoms with van der Waals surface area (Å²) in [6.45, 7) is 2.73. The van der Waals surface area contributed by atoms with E-state index in [1.807, 2.05) is 6.92 Å². The molecule has 1 aromatic carbocycles. The van der Waals surface area contributed by atoms with Gasteiger partial charge in [0.2, 0.25) is 0 Å². The van der Waals surface area contributed by atoms with Crippen LogP contribution in [-0.2, 0) is 0 Å². The SMILES string of the molecule is CCCN(CCO)C(=O)c1cc(N)c(Cl)c(Cl)c1. The fourth-order valence-electron chi connectivity index (χ4n) is 1.62. The van der Waals surface area contributed by atoms with E-state index >= 15 is 0 Å². The van der Waals surface area contributed by atoms with Crippen molar-refractivity contribution in [3.8, 4) is 0 Å². The van der Waals surface area contributed by atoms with Gasteiger partial charge in [0.1, 0.15) is 0 Å². The zero-order valence-corrected chi connectivity index (χ0v) is 11.6. The highest BCUT2D eigenvalue weighted by Gasteiger charge is 2.17. The molecule has 0 heterocycles. The number of carbonyl (C=O) groups excluding carboxylic acids is 1. The van der Waals surface area contributed by atoms with Gasteiger partial charge in [-0.3, -0.25) is 4.79 Å². The van der Waals surface area contributed by atoms with Crippen molar-refractivity contribution in [2.75, 3.05) is 25.4 Å². The first-order valence-corrected chi connectivity index (χ1v) is 6.41. The largest absolute Gasteiger partial charge is 0.397 e. The fourth-order valence-corrected chi connectivity index (χ4v) is 1.96. The predicted octanol–water partition coefficient (Wildman–Crippen LogP) is 2.42. The number of anilines is 1. The maximum absolute atomic E-state index is 12.2. The molecule has 0 bridgehead atoms. The summed E-state index contributed by atoms with van der Waals surface area (Å²) >= 11 is 11.7. The van der Waals surface area contributed by atoms with E-state index in [1.165, 1.54) is 12.1 Å². The Balaban J connectivity index is 3.01. The lowest BCUT2D eigenvalue weighted by Crippen LogP contribution is -2.34. The van der Waals surface area contributed by atoms with Crippen LogP contribution < -0.4 is 5.73 Å². The van der Waals surface area contributed by atoms with Crippen LogP contribution in [0.5, 0.6) is 0 Å². The molecule has 4 nitrogen and oxygen atoms in total. The lowest BCUT2D eigenvalue weighted by atomic mass is 10.1. The Morgan fingerprint density at radius 1 is 1.39 bits per heavy atom. The average molecular weight is 291 g/mol. The normalized spacial score (nSPS) is 10.4. The van der Waals surface area contributed by atoms with Crippen molar-refractivity contribution in [1.82, 2.24) is 4.90 Å². The molecule has 1 aromatic rings. The van der Waals surface area contributed by atoms with E-state index in [4.69, 9.17) is 34.0 Å². The molecule has 18 heavy (non-hydrogen) atoms. The minimum absolute atomic E-state index is 0.0808. The van der Waals surface area contributed by atoms with Crippen molar-refractivity contribution in [1.29, 1.82) is 0 Å². The standard InChI is InChI=1S/C12H16Cl2N2O2/c1-2-3-16(4-5-17)12(18)8-6-9(13)11(14)10(15)7-8/h6-7,17H,2-5,15H2,1H3. The minimum atomic E-state index is -0.212. The number of nitrogens with two attached hydrogens (primary N) is 1. The first-order valence-electron chi connectivity index (χ1n) is 5.65. The third-order valence-corrected chi connectivity index (χ3v) is 3.27. The maximum atomic E-state index is 12.2. The number of nitrogens with zero attached hydrogens (tertiary/aromatic N) is 1. The Bertz CT molecular complexity index is 409. The molecular weight excluding hydrogens is 275 g/mol. The van der Waals surface area contributed by atoms with E-state index < -0.39 is 0 Å². The first kappa shape index (κ1) is 15.1. The molecule has 0 spiro atoms. The highest BCUT2D eigenvalue weighted by atomic mass is 35.5. The maximum Gasteiger partial charge on any atom is 0.254 e. The highest BCUT2D eigenvalue weighted by Crippen LogP contribution is 2.29. The molecule has 100 valence electrons. The number of aliphatic hydroxyl groups excluding tert-OH is 1. The number of amides is 1. The lowest BCUT2D eigenvalue weighted by Gasteiger charge is -2.21. The van der Waals surface area contributed by atoms with Crippen LogP contribution in [0.25, 0.3) is 0 Å². The monoisotopic (exact) mass is 290 g/mol. The van der Waals surface area contributed by atoms with Gasteiger partial charge in [-0.25, -0.2) is 0 Å². The predicted molar refractivity (Wildman–Crippen MR) is 74.2 cm³/mol. The molecule has 0 aliphatic carbocycles. The van der Waals surface area contributed by atoms with Crippen LogP contribution in [0.1, 0.15) is 23.7 Å². The van der Waals surface area contributed by atoms with Crippen molar-refractivity contribution >= 4 is 34.8 Å². The quantitative estimate of drug-likeness (QED) is 0.819. The molecule has 0 saturated heterocycles. The summed E-state index contributed by atoms with van der Waals surface area (Å²) in [5.74, 6) is -0.212. The van der Waals surface area contributed by atoms with Crippen LogP contribution in [-0.4, -0.2) is 35.6 Å². The topological polar surface area (TPSA) is 66.6 Å². The average Bonchev–Trinajstić information content (AvgIpc) is 2.34. The van der Waals surface area contributed by atoms with Gasteiger partial charge in [0, 0.05) is 18.7 Å². The van der Waals surface area contributed by atoms with Gasteiger partial charge in [0.05, 0.1) is 22.3 Å². The first-order chi connectivity index (χ1) is 8.51. The van der Waals surface area contributed by atoms with Gasteiger partial charge in [0.25, 0.3) is 5.91 Å². The van der Waals surface area contributed by atoms with Crippen molar-refractivity contribution < 1.29 is 9.90 Å². The van der Waals surface area contributed by atoms with E-state index in [9.17, 15) is 4.79 Å². The van der Waals surface area contributed by atoms with E-state index in [-0.39, 0.29) is 34.8 Å². The Morgan fingerprint density at radius 3 is 2.56 bits per heavy atom. The second kappa shape index (κ2) is 6.83. The summed E-state index contributed by atoms with van der Waals surface area (Å²) < 4.78 is 0. The van der Waals surface area contributed by atoms with Crippen molar-refractivity contribution in [3.63, 3.8) is 0 Å². The highest BCUT2D eigenvalue weighted by molar-refractivity contribution is 6.43. The summed E-state index contributed by atoms with van der Waals surface area (Å²) in [5, 5.41) is 9.44. The van der Waals surface area contributed by atoms with Crippen molar-refractivity contribution in [2.24, 2.45) is 0 Å². The molecule has 0 aromatic heterocycles. The van der Waals surface area contributed by atoms with Gasteiger partial charge in [0.15, 0.2) is 0 Å². The lowest BCUT2D eigenvalue weighted by molar-refractivity contribution is 0.0722. The molecule has 0 atom stereocenters. The summed E-state index contributed by atoms with van der Waals surface area (Å²) in [7, 11) is 0. The number of aliphatic hydroxyl groups is 1. The van der Waals surface area contributed by atoms with E-state index in [2.05, 4.69) is 0 Å². The molecule has 1 rings (SSSR count). The van der Waals surface area contributed by atoms with Crippen LogP contribution in [0.4, 0.5) is 5.69 Å². The van der Waals surface area contributed by atoms with Crippen LogP contribution >= 0.6 is 23.2 Å². The van der Waals surface area contributed by atoms with Crippen molar-refractivity contribution in [2.45, 2.75) is 13.3 Å². The third kappa shape index (κ3) is 3.51. The Hall–Kier alpha value is -0.970. The molecule has 0 aliphatic rings. The molecule has 0 unspecified atom stereocenters. The van der Waals surface area contributed by atoms with Gasteiger partial charge >= 0.3 is 0 Å². The van der Waals surface area contributed by atoms with E-state index in [0.717, 1.165) is 6.42 Å². The number of hydrogen-bond donors (Lipinski definition) is 2. The molecule has 0 saturated carbocycles. The Morgan fingerprint density at radius 2 is 2.06 bits per heavy atom. The van der Waals surface area contributed by atoms with Crippen LogP contribution in [0.2, 0.25) is 10.0 Å². The number of nitrogen functional groups attached to an aromatic ring is 1. The number of halogens is 2. The van der Waals surface area contributed by atoms with E-state index in [1.54, 1.807) is 4.90 Å². The van der Waals surface area contributed by atoms with Crippen molar-refractivity contribution in [3.05, 3.63) is 27.7 Å². The summed E-state index contributed by atoms with van der Waals surface area (Å²) in [6, 6.07) is 2.99. The smallest absolute Gasteiger partial charge is 0.254 e. The molecule has 0 aliphatic heterocycles. The van der Waals surface area contributed by atoms with Crippen LogP contribution in [0.15, 0.2) is 12.1 Å². The number of carbonyl (C=O) groups is 1. The number of rotatable bonds is 5. The fraction of sp³-hybridized carbons (Fsp3) is 0.417. The molecule has 6 heteroatoms. The van der Waals surface area contributed by atoms with Gasteiger partial charge in [-0.1, -0.05) is 30.1 Å². The van der Waals surface area contributed by atoms with Gasteiger partial charge in [-0.05, 0) is 18.6 Å². The molecule has 1 amide bonds. The molecule has 3 N–H and O–H groups in total. The minimum Gasteiger partial charge on any atom is -0.397 e. The summed E-state index contributed by atoms with van der Waals surface area (Å²) in [5.41, 5.74) is 6.32. The van der Waals surface area contributed by atoms with Crippen LogP contribution in [0, 0.1) is 0 Å². The second-order valence-electron chi connectivity index (χ2n) is 3.88. The van der Waals surface area contributed by atoms with Gasteiger partial charge < -0.3 is 15.7 Å². The summed E-state index contributed by atoms with van der Waals surface area (Å²) in [6.07, 6.45) is 0.808. The number of hydrogen-bond acceptors (Lipinski definition) is 3. The van der Waals surface area contributed by atoms with Crippen LogP contribution in [0.3, 0.4) is 0 Å². The molecule has 0 radical (unpaired) electrons. The molecular formula is C12H16Cl2N2O2. The van der Waals surface area contributed by atoms with Gasteiger partial charge in [-0.2, -0.15) is 0 Å². The Kier molecular flexibility index (Phi) is 5.72. The van der Waals surface area contributed by atoms with E-state index in [0.29, 0.717) is 12.1 Å². The molecule has 0 fully saturated rings. The zero-order valence-electron chi connectivity index (χ0n) is 10.1. The number of benzene rings is 1. The second-order valence-corrected chi connectivity index (χ2v) is 4.66. The Labute approximate surface area is 116 Å². The van der Waals surface area contributed by atoms with Gasteiger partial charge in [-0.15, -0.1) is 0 Å². The summed E-state index contributed by atoms with van der Waals surface area (Å²) in [4.78, 5) is 13.8. The third-order valence-electron chi connectivity index (χ3n) is 2.45.